The maximum Gasteiger partial charge on any atom is 0.305 e. The molecule has 1 unspecified atom stereocenters. The Morgan fingerprint density at radius 2 is 2.00 bits per heavy atom. The summed E-state index contributed by atoms with van der Waals surface area (Å²) >= 11 is 0. The lowest BCUT2D eigenvalue weighted by atomic mass is 10.2. The number of ether oxygens (including phenoxy) is 1. The van der Waals surface area contributed by atoms with Gasteiger partial charge in [-0.05, 0) is 31.9 Å². The fraction of sp³-hybridized carbons (Fsp3) is 0.500. The molecule has 1 rings (SSSR count). The fourth-order valence-electron chi connectivity index (χ4n) is 1.63. The molecule has 0 bridgehead atoms. The van der Waals surface area contributed by atoms with Crippen molar-refractivity contribution in [2.45, 2.75) is 37.2 Å². The summed E-state index contributed by atoms with van der Waals surface area (Å²) in [5, 5.41) is 9.78. The van der Waals surface area contributed by atoms with Gasteiger partial charge in [-0.25, -0.2) is 0 Å². The minimum atomic E-state index is -1.20. The van der Waals surface area contributed by atoms with E-state index in [2.05, 4.69) is 4.74 Å². The van der Waals surface area contributed by atoms with Gasteiger partial charge < -0.3 is 9.84 Å². The van der Waals surface area contributed by atoms with Crippen LogP contribution in [0.1, 0.15) is 24.8 Å². The molecule has 5 heteroatoms. The first-order valence-electron chi connectivity index (χ1n) is 6.23. The molecule has 106 valence electrons. The summed E-state index contributed by atoms with van der Waals surface area (Å²) in [7, 11) is 0.135. The predicted molar refractivity (Wildman–Crippen MR) is 74.3 cm³/mol. The number of rotatable bonds is 7. The summed E-state index contributed by atoms with van der Waals surface area (Å²) < 4.78 is 16.5. The molecule has 2 atom stereocenters. The molecule has 0 amide bonds. The van der Waals surface area contributed by atoms with Gasteiger partial charge in [-0.1, -0.05) is 17.7 Å². The van der Waals surface area contributed by atoms with Crippen molar-refractivity contribution in [1.29, 1.82) is 0 Å². The van der Waals surface area contributed by atoms with Gasteiger partial charge in [0.1, 0.15) is 0 Å². The monoisotopic (exact) mass is 284 g/mol. The van der Waals surface area contributed by atoms with Crippen molar-refractivity contribution < 1.29 is 18.8 Å². The molecule has 0 aliphatic heterocycles. The molecular weight excluding hydrogens is 264 g/mol. The van der Waals surface area contributed by atoms with E-state index >= 15 is 0 Å². The second-order valence-electron chi connectivity index (χ2n) is 4.45. The smallest absolute Gasteiger partial charge is 0.305 e. The lowest BCUT2D eigenvalue weighted by molar-refractivity contribution is -0.140. The van der Waals surface area contributed by atoms with Crippen molar-refractivity contribution in [2.24, 2.45) is 0 Å². The summed E-state index contributed by atoms with van der Waals surface area (Å²) in [5.74, 6) is -0.0867. The molecule has 0 spiro atoms. The predicted octanol–water partition coefficient (Wildman–Crippen LogP) is 1.81. The number of aryl methyl sites for hydroxylation is 1. The van der Waals surface area contributed by atoms with Crippen LogP contribution < -0.4 is 0 Å². The van der Waals surface area contributed by atoms with E-state index in [0.717, 1.165) is 10.5 Å². The molecule has 0 aromatic heterocycles. The van der Waals surface area contributed by atoms with Crippen LogP contribution in [0.3, 0.4) is 0 Å². The number of esters is 1. The zero-order valence-electron chi connectivity index (χ0n) is 11.3. The zero-order chi connectivity index (χ0) is 14.3. The summed E-state index contributed by atoms with van der Waals surface area (Å²) in [4.78, 5) is 11.6. The van der Waals surface area contributed by atoms with E-state index in [9.17, 15) is 14.1 Å². The van der Waals surface area contributed by atoms with Crippen molar-refractivity contribution in [3.63, 3.8) is 0 Å². The number of hydrogen-bond donors (Lipinski definition) is 1. The molecule has 0 heterocycles. The summed E-state index contributed by atoms with van der Waals surface area (Å²) in [5.41, 5.74) is 1.11. The quantitative estimate of drug-likeness (QED) is 0.776. The van der Waals surface area contributed by atoms with E-state index < -0.39 is 16.9 Å². The Bertz CT molecular complexity index is 428. The molecule has 0 radical (unpaired) electrons. The van der Waals surface area contributed by atoms with Gasteiger partial charge in [0.2, 0.25) is 0 Å². The number of aliphatic hydroxyl groups excluding tert-OH is 1. The Hall–Kier alpha value is -1.20. The van der Waals surface area contributed by atoms with Crippen LogP contribution in [0.15, 0.2) is 29.2 Å². The molecule has 4 nitrogen and oxygen atoms in total. The largest absolute Gasteiger partial charge is 0.469 e. The van der Waals surface area contributed by atoms with Crippen LogP contribution in [-0.2, 0) is 20.3 Å². The zero-order valence-corrected chi connectivity index (χ0v) is 12.1. The van der Waals surface area contributed by atoms with Gasteiger partial charge in [0.15, 0.2) is 0 Å². The van der Waals surface area contributed by atoms with Crippen LogP contribution in [0.4, 0.5) is 0 Å². The SMILES string of the molecule is COC(=O)CCC[C@@H](O)CS(=O)c1ccc(C)cc1. The van der Waals surface area contributed by atoms with Gasteiger partial charge in [0.25, 0.3) is 0 Å². The molecule has 1 aromatic rings. The first-order valence-corrected chi connectivity index (χ1v) is 7.54. The first kappa shape index (κ1) is 15.9. The standard InChI is InChI=1S/C14H20O4S/c1-11-6-8-13(9-7-11)19(17)10-12(15)4-3-5-14(16)18-2/h6-9,12,15H,3-5,10H2,1-2H3/t12-,19?/m1/s1. The van der Waals surface area contributed by atoms with E-state index in [1.54, 1.807) is 0 Å². The van der Waals surface area contributed by atoms with Crippen molar-refractivity contribution in [2.75, 3.05) is 12.9 Å². The van der Waals surface area contributed by atoms with Crippen LogP contribution in [0, 0.1) is 6.92 Å². The Kier molecular flexibility index (Phi) is 6.73. The Labute approximate surface area is 116 Å². The maximum atomic E-state index is 12.0. The van der Waals surface area contributed by atoms with Gasteiger partial charge in [0, 0.05) is 11.3 Å². The average molecular weight is 284 g/mol. The highest BCUT2D eigenvalue weighted by atomic mass is 32.2. The number of aliphatic hydroxyl groups is 1. The van der Waals surface area contributed by atoms with Gasteiger partial charge in [0.05, 0.1) is 29.8 Å². The highest BCUT2D eigenvalue weighted by Crippen LogP contribution is 2.11. The normalized spacial score (nSPS) is 13.8. The molecule has 0 aliphatic rings. The number of methoxy groups -OCH3 is 1. The van der Waals surface area contributed by atoms with Crippen LogP contribution in [0.2, 0.25) is 0 Å². The fourth-order valence-corrected chi connectivity index (χ4v) is 2.78. The number of carbonyl (C=O) groups excluding carboxylic acids is 1. The summed E-state index contributed by atoms with van der Waals surface area (Å²) in [6, 6.07) is 7.42. The third-order valence-electron chi connectivity index (χ3n) is 2.77. The van der Waals surface area contributed by atoms with Crippen LogP contribution in [0.25, 0.3) is 0 Å². The van der Waals surface area contributed by atoms with E-state index in [1.807, 2.05) is 31.2 Å². The topological polar surface area (TPSA) is 63.6 Å². The van der Waals surface area contributed by atoms with Crippen LogP contribution in [-0.4, -0.2) is 34.3 Å². The van der Waals surface area contributed by atoms with Gasteiger partial charge in [-0.3, -0.25) is 9.00 Å². The molecule has 1 N–H and O–H groups in total. The van der Waals surface area contributed by atoms with Crippen LogP contribution in [0.5, 0.6) is 0 Å². The molecule has 0 fully saturated rings. The van der Waals surface area contributed by atoms with Crippen LogP contribution >= 0.6 is 0 Å². The van der Waals surface area contributed by atoms with Crippen molar-refractivity contribution in [3.8, 4) is 0 Å². The Morgan fingerprint density at radius 3 is 2.58 bits per heavy atom. The number of carbonyl (C=O) groups is 1. The molecule has 0 saturated heterocycles. The molecule has 0 aliphatic carbocycles. The van der Waals surface area contributed by atoms with Crippen molar-refractivity contribution >= 4 is 16.8 Å². The van der Waals surface area contributed by atoms with Gasteiger partial charge >= 0.3 is 5.97 Å². The minimum Gasteiger partial charge on any atom is -0.469 e. The molecule has 0 saturated carbocycles. The van der Waals surface area contributed by atoms with E-state index in [0.29, 0.717) is 12.8 Å². The first-order chi connectivity index (χ1) is 9.02. The average Bonchev–Trinajstić information content (AvgIpc) is 2.39. The molecular formula is C14H20O4S. The maximum absolute atomic E-state index is 12.0. The minimum absolute atomic E-state index is 0.199. The number of benzene rings is 1. The van der Waals surface area contributed by atoms with Gasteiger partial charge in [-0.2, -0.15) is 0 Å². The highest BCUT2D eigenvalue weighted by molar-refractivity contribution is 7.85. The van der Waals surface area contributed by atoms with E-state index in [-0.39, 0.29) is 18.1 Å². The summed E-state index contributed by atoms with van der Waals surface area (Å²) in [6.45, 7) is 1.97. The third kappa shape index (κ3) is 5.98. The second-order valence-corrected chi connectivity index (χ2v) is 5.94. The van der Waals surface area contributed by atoms with Crippen molar-refractivity contribution in [3.05, 3.63) is 29.8 Å². The Balaban J connectivity index is 2.35. The van der Waals surface area contributed by atoms with Gasteiger partial charge in [-0.15, -0.1) is 0 Å². The summed E-state index contributed by atoms with van der Waals surface area (Å²) in [6.07, 6.45) is 0.614. The van der Waals surface area contributed by atoms with E-state index in [1.165, 1.54) is 7.11 Å². The Morgan fingerprint density at radius 1 is 1.37 bits per heavy atom. The lowest BCUT2D eigenvalue weighted by Crippen LogP contribution is -2.17. The molecule has 19 heavy (non-hydrogen) atoms. The lowest BCUT2D eigenvalue weighted by Gasteiger charge is -2.10. The van der Waals surface area contributed by atoms with Crippen molar-refractivity contribution in [1.82, 2.24) is 0 Å². The molecule has 1 aromatic carbocycles. The second kappa shape index (κ2) is 8.07. The third-order valence-corrected chi connectivity index (χ3v) is 4.26. The van der Waals surface area contributed by atoms with E-state index in [4.69, 9.17) is 0 Å². The highest BCUT2D eigenvalue weighted by Gasteiger charge is 2.12. The number of hydrogen-bond acceptors (Lipinski definition) is 4.